The van der Waals surface area contributed by atoms with Gasteiger partial charge in [-0.25, -0.2) is 8.42 Å². The third-order valence-electron chi connectivity index (χ3n) is 4.03. The third-order valence-corrected chi connectivity index (χ3v) is 6.32. The van der Waals surface area contributed by atoms with Crippen molar-refractivity contribution in [2.45, 2.75) is 26.2 Å². The molecule has 0 radical (unpaired) electrons. The summed E-state index contributed by atoms with van der Waals surface area (Å²) >= 11 is 3.51. The number of halogens is 1. The Hall–Kier alpha value is -0.390. The number of hydrogen-bond donors (Lipinski definition) is 1. The number of hydrogen-bond acceptors (Lipinski definition) is 3. The summed E-state index contributed by atoms with van der Waals surface area (Å²) in [6.45, 7) is 6.17. The molecule has 0 saturated carbocycles. The third kappa shape index (κ3) is 5.08. The molecule has 5 heteroatoms. The van der Waals surface area contributed by atoms with Gasteiger partial charge >= 0.3 is 0 Å². The maximum absolute atomic E-state index is 11.8. The van der Waals surface area contributed by atoms with Crippen molar-refractivity contribution in [3.05, 3.63) is 34.3 Å². The van der Waals surface area contributed by atoms with Gasteiger partial charge in [-0.1, -0.05) is 41.9 Å². The van der Waals surface area contributed by atoms with Crippen molar-refractivity contribution in [2.24, 2.45) is 11.8 Å². The van der Waals surface area contributed by atoms with Crippen molar-refractivity contribution in [1.82, 2.24) is 5.32 Å². The standard InChI is InChI=1S/C16H24BrNO2S/c1-12(2)9-18-10-16(13-4-3-5-15(17)8-13)14-6-7-21(19,20)11-14/h3-5,8,12,14,16,18H,6-7,9-11H2,1-2H3. The largest absolute Gasteiger partial charge is 0.316 e. The topological polar surface area (TPSA) is 46.2 Å². The number of rotatable bonds is 6. The van der Waals surface area contributed by atoms with Crippen molar-refractivity contribution in [1.29, 1.82) is 0 Å². The normalized spacial score (nSPS) is 22.6. The fourth-order valence-electron chi connectivity index (χ4n) is 2.96. The Balaban J connectivity index is 2.14. The van der Waals surface area contributed by atoms with E-state index in [1.807, 2.05) is 12.1 Å². The van der Waals surface area contributed by atoms with Crippen molar-refractivity contribution in [3.8, 4) is 0 Å². The minimum absolute atomic E-state index is 0.226. The van der Waals surface area contributed by atoms with Gasteiger partial charge in [0.25, 0.3) is 0 Å². The molecule has 1 aromatic carbocycles. The molecule has 0 aliphatic carbocycles. The highest BCUT2D eigenvalue weighted by atomic mass is 79.9. The van der Waals surface area contributed by atoms with Gasteiger partial charge in [0.2, 0.25) is 0 Å². The first-order valence-electron chi connectivity index (χ1n) is 7.54. The van der Waals surface area contributed by atoms with Gasteiger partial charge < -0.3 is 5.32 Å². The molecule has 0 aromatic heterocycles. The summed E-state index contributed by atoms with van der Waals surface area (Å²) in [7, 11) is -2.84. The van der Waals surface area contributed by atoms with E-state index >= 15 is 0 Å². The average Bonchev–Trinajstić information content (AvgIpc) is 2.74. The van der Waals surface area contributed by atoms with Gasteiger partial charge in [0.05, 0.1) is 11.5 Å². The smallest absolute Gasteiger partial charge is 0.150 e. The van der Waals surface area contributed by atoms with Crippen LogP contribution in [0.4, 0.5) is 0 Å². The van der Waals surface area contributed by atoms with Gasteiger partial charge in [-0.2, -0.15) is 0 Å². The predicted molar refractivity (Wildman–Crippen MR) is 91.4 cm³/mol. The van der Waals surface area contributed by atoms with Crippen molar-refractivity contribution >= 4 is 25.8 Å². The lowest BCUT2D eigenvalue weighted by molar-refractivity contribution is 0.424. The molecule has 1 fully saturated rings. The second-order valence-electron chi connectivity index (χ2n) is 6.38. The van der Waals surface area contributed by atoms with E-state index in [4.69, 9.17) is 0 Å². The summed E-state index contributed by atoms with van der Waals surface area (Å²) < 4.78 is 24.6. The molecule has 1 aromatic rings. The van der Waals surface area contributed by atoms with Gasteiger partial charge in [0, 0.05) is 16.9 Å². The van der Waals surface area contributed by atoms with E-state index in [2.05, 4.69) is 47.2 Å². The second kappa shape index (κ2) is 7.25. The Morgan fingerprint density at radius 2 is 2.10 bits per heavy atom. The molecule has 0 bridgehead atoms. The van der Waals surface area contributed by atoms with Crippen LogP contribution in [0.15, 0.2) is 28.7 Å². The molecule has 2 rings (SSSR count). The van der Waals surface area contributed by atoms with Gasteiger partial charge in [-0.3, -0.25) is 0 Å². The average molecular weight is 374 g/mol. The summed E-state index contributed by atoms with van der Waals surface area (Å²) in [5.74, 6) is 1.75. The SMILES string of the molecule is CC(C)CNCC(c1cccc(Br)c1)C1CCS(=O)(=O)C1. The highest BCUT2D eigenvalue weighted by Crippen LogP contribution is 2.33. The molecule has 2 unspecified atom stereocenters. The molecule has 21 heavy (non-hydrogen) atoms. The maximum Gasteiger partial charge on any atom is 0.150 e. The van der Waals surface area contributed by atoms with Crippen LogP contribution in [-0.4, -0.2) is 33.0 Å². The molecule has 3 nitrogen and oxygen atoms in total. The highest BCUT2D eigenvalue weighted by Gasteiger charge is 2.34. The van der Waals surface area contributed by atoms with Crippen LogP contribution in [0.3, 0.4) is 0 Å². The summed E-state index contributed by atoms with van der Waals surface area (Å²) in [6, 6.07) is 8.26. The fourth-order valence-corrected chi connectivity index (χ4v) is 5.26. The molecule has 118 valence electrons. The Morgan fingerprint density at radius 3 is 2.67 bits per heavy atom. The van der Waals surface area contributed by atoms with Crippen LogP contribution in [0.5, 0.6) is 0 Å². The summed E-state index contributed by atoms with van der Waals surface area (Å²) in [5, 5.41) is 3.50. The first-order valence-corrected chi connectivity index (χ1v) is 10.2. The van der Waals surface area contributed by atoms with Crippen molar-refractivity contribution in [3.63, 3.8) is 0 Å². The van der Waals surface area contributed by atoms with Crippen LogP contribution in [-0.2, 0) is 9.84 Å². The summed E-state index contributed by atoms with van der Waals surface area (Å²) in [6.07, 6.45) is 0.781. The number of benzene rings is 1. The minimum Gasteiger partial charge on any atom is -0.316 e. The maximum atomic E-state index is 11.8. The molecular formula is C16H24BrNO2S. The van der Waals surface area contributed by atoms with Gasteiger partial charge in [0.15, 0.2) is 9.84 Å². The zero-order valence-electron chi connectivity index (χ0n) is 12.7. The van der Waals surface area contributed by atoms with Gasteiger partial charge in [-0.15, -0.1) is 0 Å². The van der Waals surface area contributed by atoms with Gasteiger partial charge in [-0.05, 0) is 42.5 Å². The van der Waals surface area contributed by atoms with E-state index in [-0.39, 0.29) is 11.8 Å². The lowest BCUT2D eigenvalue weighted by atomic mass is 9.85. The van der Waals surface area contributed by atoms with E-state index < -0.39 is 9.84 Å². The Morgan fingerprint density at radius 1 is 1.33 bits per heavy atom. The van der Waals surface area contributed by atoms with Gasteiger partial charge in [0.1, 0.15) is 0 Å². The first kappa shape index (κ1) is 17.0. The Kier molecular flexibility index (Phi) is 5.86. The molecule has 1 N–H and O–H groups in total. The monoisotopic (exact) mass is 373 g/mol. The summed E-state index contributed by atoms with van der Waals surface area (Å²) in [4.78, 5) is 0. The van der Waals surface area contributed by atoms with E-state index in [0.29, 0.717) is 17.4 Å². The lowest BCUT2D eigenvalue weighted by Crippen LogP contribution is -2.30. The zero-order valence-corrected chi connectivity index (χ0v) is 15.1. The fraction of sp³-hybridized carbons (Fsp3) is 0.625. The van der Waals surface area contributed by atoms with Crippen LogP contribution < -0.4 is 5.32 Å². The van der Waals surface area contributed by atoms with Crippen LogP contribution >= 0.6 is 15.9 Å². The molecule has 1 saturated heterocycles. The summed E-state index contributed by atoms with van der Waals surface area (Å²) in [5.41, 5.74) is 1.22. The molecule has 2 atom stereocenters. The Bertz CT molecular complexity index is 571. The lowest BCUT2D eigenvalue weighted by Gasteiger charge is -2.24. The number of nitrogens with one attached hydrogen (secondary N) is 1. The molecule has 1 aliphatic rings. The van der Waals surface area contributed by atoms with E-state index in [0.717, 1.165) is 24.0 Å². The van der Waals surface area contributed by atoms with E-state index in [1.165, 1.54) is 5.56 Å². The number of sulfone groups is 1. The van der Waals surface area contributed by atoms with E-state index in [1.54, 1.807) is 0 Å². The van der Waals surface area contributed by atoms with Crippen LogP contribution in [0.25, 0.3) is 0 Å². The second-order valence-corrected chi connectivity index (χ2v) is 9.52. The molecule has 1 aliphatic heterocycles. The van der Waals surface area contributed by atoms with Crippen molar-refractivity contribution in [2.75, 3.05) is 24.6 Å². The van der Waals surface area contributed by atoms with Crippen LogP contribution in [0.1, 0.15) is 31.7 Å². The highest BCUT2D eigenvalue weighted by molar-refractivity contribution is 9.10. The quantitative estimate of drug-likeness (QED) is 0.832. The molecule has 0 spiro atoms. The minimum atomic E-state index is -2.84. The predicted octanol–water partition coefficient (Wildman–Crippen LogP) is 3.21. The van der Waals surface area contributed by atoms with Crippen LogP contribution in [0.2, 0.25) is 0 Å². The van der Waals surface area contributed by atoms with Crippen molar-refractivity contribution < 1.29 is 8.42 Å². The Labute approximate surface area is 136 Å². The van der Waals surface area contributed by atoms with E-state index in [9.17, 15) is 8.42 Å². The molecular weight excluding hydrogens is 350 g/mol. The van der Waals surface area contributed by atoms with Crippen LogP contribution in [0, 0.1) is 11.8 Å². The zero-order chi connectivity index (χ0) is 15.5. The molecule has 1 heterocycles. The molecule has 0 amide bonds. The first-order chi connectivity index (χ1) is 9.87.